The van der Waals surface area contributed by atoms with E-state index in [1.165, 1.54) is 12.1 Å². The summed E-state index contributed by atoms with van der Waals surface area (Å²) in [4.78, 5) is 4.49. The first-order valence-electron chi connectivity index (χ1n) is 6.39. The second kappa shape index (κ2) is 6.23. The summed E-state index contributed by atoms with van der Waals surface area (Å²) >= 11 is 1.83. The largest absolute Gasteiger partial charge is 0.362 e. The maximum Gasteiger partial charge on any atom is 0.157 e. The molecule has 2 nitrogen and oxygen atoms in total. The number of thioether (sulfide) groups is 1. The molecule has 18 heavy (non-hydrogen) atoms. The number of nitrogens with zero attached hydrogens (tertiary/aromatic N) is 1. The Morgan fingerprint density at radius 3 is 2.78 bits per heavy atom. The molecule has 1 N–H and O–H groups in total. The Labute approximate surface area is 112 Å². The summed E-state index contributed by atoms with van der Waals surface area (Å²) in [5.41, 5.74) is 1.15. The molecule has 0 bridgehead atoms. The number of hydrogen-bond acceptors (Lipinski definition) is 3. The van der Waals surface area contributed by atoms with Crippen LogP contribution in [0.1, 0.15) is 25.8 Å². The highest BCUT2D eigenvalue weighted by atomic mass is 32.2. The van der Waals surface area contributed by atoms with Gasteiger partial charge in [-0.15, -0.1) is 0 Å². The van der Waals surface area contributed by atoms with E-state index >= 15 is 0 Å². The number of benzene rings is 1. The summed E-state index contributed by atoms with van der Waals surface area (Å²) in [6.07, 6.45) is 2.04. The van der Waals surface area contributed by atoms with Gasteiger partial charge in [0.05, 0.1) is 6.54 Å². The minimum Gasteiger partial charge on any atom is -0.362 e. The van der Waals surface area contributed by atoms with Crippen LogP contribution in [-0.2, 0) is 6.42 Å². The average molecular weight is 266 g/mol. The lowest BCUT2D eigenvalue weighted by Crippen LogP contribution is -2.31. The van der Waals surface area contributed by atoms with E-state index < -0.39 is 0 Å². The number of rotatable bonds is 4. The number of amidine groups is 1. The summed E-state index contributed by atoms with van der Waals surface area (Å²) in [7, 11) is 0. The lowest BCUT2D eigenvalue weighted by Gasteiger charge is -2.15. The third-order valence-corrected chi connectivity index (χ3v) is 4.28. The fourth-order valence-electron chi connectivity index (χ4n) is 1.95. The molecular formula is C14H19FN2S. The number of hydrogen-bond donors (Lipinski definition) is 1. The van der Waals surface area contributed by atoms with Gasteiger partial charge in [0, 0.05) is 11.3 Å². The van der Waals surface area contributed by atoms with E-state index in [-0.39, 0.29) is 5.82 Å². The van der Waals surface area contributed by atoms with Gasteiger partial charge in [-0.2, -0.15) is 0 Å². The van der Waals surface area contributed by atoms with Crippen molar-refractivity contribution in [1.82, 2.24) is 5.32 Å². The molecule has 0 aliphatic carbocycles. The van der Waals surface area contributed by atoms with E-state index in [0.717, 1.165) is 30.1 Å². The fourth-order valence-corrected chi connectivity index (χ4v) is 2.99. The molecule has 2 unspecified atom stereocenters. The summed E-state index contributed by atoms with van der Waals surface area (Å²) in [6.45, 7) is 5.25. The predicted molar refractivity (Wildman–Crippen MR) is 76.7 cm³/mol. The third-order valence-electron chi connectivity index (χ3n) is 3.00. The van der Waals surface area contributed by atoms with Crippen molar-refractivity contribution in [2.24, 2.45) is 4.99 Å². The molecule has 1 aliphatic rings. The van der Waals surface area contributed by atoms with Gasteiger partial charge in [0.2, 0.25) is 0 Å². The van der Waals surface area contributed by atoms with Crippen LogP contribution in [0.2, 0.25) is 0 Å². The molecule has 0 radical (unpaired) electrons. The molecule has 1 aromatic rings. The van der Waals surface area contributed by atoms with Crippen molar-refractivity contribution in [3.8, 4) is 0 Å². The molecule has 0 saturated carbocycles. The van der Waals surface area contributed by atoms with Crippen molar-refractivity contribution in [3.63, 3.8) is 0 Å². The molecule has 98 valence electrons. The molecular weight excluding hydrogens is 247 g/mol. The normalized spacial score (nSPS) is 20.6. The van der Waals surface area contributed by atoms with Crippen molar-refractivity contribution in [1.29, 1.82) is 0 Å². The van der Waals surface area contributed by atoms with E-state index in [4.69, 9.17) is 0 Å². The monoisotopic (exact) mass is 266 g/mol. The van der Waals surface area contributed by atoms with Gasteiger partial charge in [-0.25, -0.2) is 4.39 Å². The average Bonchev–Trinajstić information content (AvgIpc) is 2.79. The maximum atomic E-state index is 12.8. The van der Waals surface area contributed by atoms with Crippen LogP contribution in [-0.4, -0.2) is 23.0 Å². The second-order valence-electron chi connectivity index (χ2n) is 4.67. The first-order valence-corrected chi connectivity index (χ1v) is 7.27. The van der Waals surface area contributed by atoms with Crippen LogP contribution in [0.3, 0.4) is 0 Å². The number of aliphatic imine (C=N–C) groups is 1. The first-order chi connectivity index (χ1) is 8.67. The van der Waals surface area contributed by atoms with Gasteiger partial charge in [0.1, 0.15) is 5.82 Å². The SMILES string of the molecule is CCC1CN=C(NC(C)Cc2ccc(F)cc2)S1. The Morgan fingerprint density at radius 2 is 2.17 bits per heavy atom. The van der Waals surface area contributed by atoms with Crippen LogP contribution in [0.5, 0.6) is 0 Å². The Morgan fingerprint density at radius 1 is 1.44 bits per heavy atom. The van der Waals surface area contributed by atoms with Crippen LogP contribution in [0.4, 0.5) is 4.39 Å². The molecule has 0 amide bonds. The number of halogens is 1. The Balaban J connectivity index is 1.82. The first kappa shape index (κ1) is 13.4. The van der Waals surface area contributed by atoms with Gasteiger partial charge in [-0.05, 0) is 37.5 Å². The standard InChI is InChI=1S/C14H19FN2S/c1-3-13-9-16-14(18-13)17-10(2)8-11-4-6-12(15)7-5-11/h4-7,10,13H,3,8-9H2,1-2H3,(H,16,17). The van der Waals surface area contributed by atoms with E-state index in [0.29, 0.717) is 11.3 Å². The summed E-state index contributed by atoms with van der Waals surface area (Å²) < 4.78 is 12.8. The molecule has 0 saturated heterocycles. The van der Waals surface area contributed by atoms with E-state index in [1.807, 2.05) is 23.9 Å². The zero-order valence-corrected chi connectivity index (χ0v) is 11.6. The smallest absolute Gasteiger partial charge is 0.157 e. The zero-order chi connectivity index (χ0) is 13.0. The molecule has 4 heteroatoms. The van der Waals surface area contributed by atoms with Crippen molar-refractivity contribution in [2.45, 2.75) is 38.0 Å². The molecule has 2 rings (SSSR count). The van der Waals surface area contributed by atoms with Gasteiger partial charge in [0.15, 0.2) is 5.17 Å². The summed E-state index contributed by atoms with van der Waals surface area (Å²) in [5, 5.41) is 5.11. The van der Waals surface area contributed by atoms with Gasteiger partial charge in [0.25, 0.3) is 0 Å². The fraction of sp³-hybridized carbons (Fsp3) is 0.500. The molecule has 1 aliphatic heterocycles. The van der Waals surface area contributed by atoms with E-state index in [2.05, 4.69) is 24.2 Å². The topological polar surface area (TPSA) is 24.4 Å². The van der Waals surface area contributed by atoms with Gasteiger partial charge in [-0.1, -0.05) is 30.8 Å². The quantitative estimate of drug-likeness (QED) is 0.905. The zero-order valence-electron chi connectivity index (χ0n) is 10.8. The Hall–Kier alpha value is -1.03. The van der Waals surface area contributed by atoms with Crippen LogP contribution in [0.15, 0.2) is 29.3 Å². The minimum absolute atomic E-state index is 0.180. The van der Waals surface area contributed by atoms with Crippen LogP contribution >= 0.6 is 11.8 Å². The maximum absolute atomic E-state index is 12.8. The Bertz CT molecular complexity index is 416. The number of nitrogens with one attached hydrogen (secondary N) is 1. The van der Waals surface area contributed by atoms with E-state index in [1.54, 1.807) is 0 Å². The lowest BCUT2D eigenvalue weighted by atomic mass is 10.1. The molecule has 2 atom stereocenters. The lowest BCUT2D eigenvalue weighted by molar-refractivity contribution is 0.623. The van der Waals surface area contributed by atoms with Crippen molar-refractivity contribution < 1.29 is 4.39 Å². The van der Waals surface area contributed by atoms with Crippen molar-refractivity contribution >= 4 is 16.9 Å². The molecule has 0 aromatic heterocycles. The van der Waals surface area contributed by atoms with E-state index in [9.17, 15) is 4.39 Å². The molecule has 1 aromatic carbocycles. The van der Waals surface area contributed by atoms with Crippen LogP contribution < -0.4 is 5.32 Å². The van der Waals surface area contributed by atoms with Gasteiger partial charge in [-0.3, -0.25) is 4.99 Å². The Kier molecular flexibility index (Phi) is 4.64. The highest BCUT2D eigenvalue weighted by molar-refractivity contribution is 8.14. The summed E-state index contributed by atoms with van der Waals surface area (Å²) in [6, 6.07) is 7.02. The van der Waals surface area contributed by atoms with Crippen LogP contribution in [0.25, 0.3) is 0 Å². The predicted octanol–water partition coefficient (Wildman–Crippen LogP) is 3.23. The van der Waals surface area contributed by atoms with Gasteiger partial charge >= 0.3 is 0 Å². The molecule has 0 spiro atoms. The molecule has 1 heterocycles. The highest BCUT2D eigenvalue weighted by Crippen LogP contribution is 2.22. The van der Waals surface area contributed by atoms with Crippen molar-refractivity contribution in [3.05, 3.63) is 35.6 Å². The third kappa shape index (κ3) is 3.73. The van der Waals surface area contributed by atoms with Crippen molar-refractivity contribution in [2.75, 3.05) is 6.54 Å². The summed E-state index contributed by atoms with van der Waals surface area (Å²) in [5.74, 6) is -0.180. The van der Waals surface area contributed by atoms with Crippen LogP contribution in [0, 0.1) is 5.82 Å². The molecule has 0 fully saturated rings. The van der Waals surface area contributed by atoms with Gasteiger partial charge < -0.3 is 5.32 Å². The highest BCUT2D eigenvalue weighted by Gasteiger charge is 2.18. The second-order valence-corrected chi connectivity index (χ2v) is 5.96. The minimum atomic E-state index is -0.180.